The summed E-state index contributed by atoms with van der Waals surface area (Å²) in [7, 11) is 0. The third-order valence-electron chi connectivity index (χ3n) is 10.6. The minimum absolute atomic E-state index is 0.0903. The van der Waals surface area contributed by atoms with Gasteiger partial charge in [0, 0.05) is 22.6 Å². The maximum Gasteiger partial charge on any atom is 0.235 e. The number of β-lactam (4-membered cyclic amide) rings is 1. The molecule has 4 atom stereocenters. The molecule has 5 heterocycles. The topological polar surface area (TPSA) is 122 Å². The fourth-order valence-electron chi connectivity index (χ4n) is 8.29. The predicted molar refractivity (Wildman–Crippen MR) is 146 cm³/mol. The Morgan fingerprint density at radius 3 is 2.32 bits per heavy atom. The Kier molecular flexibility index (Phi) is 5.62. The van der Waals surface area contributed by atoms with Gasteiger partial charge in [-0.3, -0.25) is 14.1 Å². The molecule has 4 fully saturated rings. The van der Waals surface area contributed by atoms with Crippen LogP contribution in [0.25, 0.3) is 16.7 Å². The van der Waals surface area contributed by atoms with Crippen LogP contribution in [0.5, 0.6) is 0 Å². The van der Waals surface area contributed by atoms with Crippen molar-refractivity contribution >= 4 is 23.2 Å². The summed E-state index contributed by atoms with van der Waals surface area (Å²) in [4.78, 5) is 39.7. The van der Waals surface area contributed by atoms with E-state index in [2.05, 4.69) is 18.2 Å². The van der Waals surface area contributed by atoms with E-state index in [9.17, 15) is 29.9 Å². The number of hydrogen-bond acceptors (Lipinski definition) is 6. The second-order valence-electron chi connectivity index (χ2n) is 12.8. The van der Waals surface area contributed by atoms with Crippen molar-refractivity contribution in [2.75, 3.05) is 45.8 Å². The first kappa shape index (κ1) is 26.1. The van der Waals surface area contributed by atoms with Crippen LogP contribution >= 0.6 is 0 Å². The van der Waals surface area contributed by atoms with E-state index in [1.807, 2.05) is 25.1 Å². The van der Waals surface area contributed by atoms with Crippen molar-refractivity contribution in [2.45, 2.75) is 32.5 Å². The van der Waals surface area contributed by atoms with E-state index in [-0.39, 0.29) is 17.4 Å². The molecule has 6 aliphatic rings. The molecule has 41 heavy (non-hydrogen) atoms. The molecule has 2 aromatic rings. The first-order chi connectivity index (χ1) is 19.6. The molecular weight excluding hydrogens is 520 g/mol. The van der Waals surface area contributed by atoms with Gasteiger partial charge in [0.2, 0.25) is 5.91 Å². The maximum atomic E-state index is 13.5. The zero-order chi connectivity index (χ0) is 28.8. The highest BCUT2D eigenvalue weighted by Crippen LogP contribution is 2.51. The van der Waals surface area contributed by atoms with Crippen LogP contribution in [-0.4, -0.2) is 94.6 Å². The number of aliphatic carboxylic acids is 1. The van der Waals surface area contributed by atoms with Crippen molar-refractivity contribution in [3.8, 4) is 17.2 Å². The molecule has 8 rings (SSSR count). The number of nitrogens with zero attached hydrogens (tertiary/aromatic N) is 4. The molecule has 2 aromatic carbocycles. The van der Waals surface area contributed by atoms with Crippen molar-refractivity contribution in [1.29, 1.82) is 5.26 Å². The molecule has 0 spiro atoms. The van der Waals surface area contributed by atoms with Gasteiger partial charge in [-0.05, 0) is 47.4 Å². The van der Waals surface area contributed by atoms with Gasteiger partial charge in [0.25, 0.3) is 0 Å². The molecule has 0 radical (unpaired) electrons. The van der Waals surface area contributed by atoms with Crippen LogP contribution in [0.4, 0.5) is 0 Å². The summed E-state index contributed by atoms with van der Waals surface area (Å²) in [6.45, 7) is 11.2. The Bertz CT molecular complexity index is 1590. The van der Waals surface area contributed by atoms with E-state index >= 15 is 0 Å². The zero-order valence-electron chi connectivity index (χ0n) is 23.3. The monoisotopic (exact) mass is 553 g/mol. The zero-order valence-corrected chi connectivity index (χ0v) is 23.3. The fraction of sp³-hybridized carbons (Fsp3) is 0.438. The summed E-state index contributed by atoms with van der Waals surface area (Å²) in [6, 6.07) is 13.5. The first-order valence-electron chi connectivity index (χ1n) is 14.4. The molecule has 1 amide bonds. The van der Waals surface area contributed by atoms with Crippen LogP contribution in [0, 0.1) is 23.2 Å². The van der Waals surface area contributed by atoms with Crippen molar-refractivity contribution in [3.05, 3.63) is 64.3 Å². The highest BCUT2D eigenvalue weighted by molar-refractivity contribution is 6.22. The number of hydrogen-bond donors (Lipinski definition) is 1. The second kappa shape index (κ2) is 8.83. The van der Waals surface area contributed by atoms with Crippen LogP contribution in [0.2, 0.25) is 0 Å². The van der Waals surface area contributed by atoms with Gasteiger partial charge in [-0.2, -0.15) is 5.26 Å². The minimum atomic E-state index is -1.43. The molecule has 210 valence electrons. The number of carbonyl (C=O) groups excluding carboxylic acids is 3. The molecule has 9 nitrogen and oxygen atoms in total. The van der Waals surface area contributed by atoms with Gasteiger partial charge in [0.15, 0.2) is 12.3 Å². The van der Waals surface area contributed by atoms with Crippen molar-refractivity contribution < 1.29 is 33.6 Å². The Morgan fingerprint density at radius 1 is 1.02 bits per heavy atom. The second-order valence-corrected chi connectivity index (χ2v) is 12.8. The molecule has 0 unspecified atom stereocenters. The van der Waals surface area contributed by atoms with E-state index in [1.165, 1.54) is 10.5 Å². The van der Waals surface area contributed by atoms with Gasteiger partial charge < -0.3 is 24.4 Å². The number of carboxylic acids is 1. The van der Waals surface area contributed by atoms with E-state index < -0.39 is 29.9 Å². The number of fused-ring (bicyclic) bond motifs is 7. The van der Waals surface area contributed by atoms with Gasteiger partial charge in [0.1, 0.15) is 51.9 Å². The Labute approximate surface area is 238 Å². The highest BCUT2D eigenvalue weighted by Gasteiger charge is 2.58. The number of carboxylic acid groups (broad SMARTS) is 1. The summed E-state index contributed by atoms with van der Waals surface area (Å²) in [5.74, 6) is -2.93. The van der Waals surface area contributed by atoms with Gasteiger partial charge in [-0.15, -0.1) is 0 Å². The third-order valence-corrected chi connectivity index (χ3v) is 10.6. The number of nitriles is 1. The predicted octanol–water partition coefficient (Wildman–Crippen LogP) is 0.901. The Balaban J connectivity index is 1.20. The summed E-state index contributed by atoms with van der Waals surface area (Å²) < 4.78 is 1.94. The van der Waals surface area contributed by atoms with Crippen LogP contribution in [0.3, 0.4) is 0 Å². The van der Waals surface area contributed by atoms with Gasteiger partial charge >= 0.3 is 0 Å². The number of piperazine rings is 3. The smallest absolute Gasteiger partial charge is 0.235 e. The van der Waals surface area contributed by atoms with Crippen molar-refractivity contribution in [2.24, 2.45) is 11.8 Å². The van der Waals surface area contributed by atoms with Crippen molar-refractivity contribution in [1.82, 2.24) is 4.90 Å². The van der Waals surface area contributed by atoms with Gasteiger partial charge in [0.05, 0.1) is 29.7 Å². The lowest BCUT2D eigenvalue weighted by atomic mass is 9.76. The normalized spacial score (nSPS) is 31.9. The number of amides is 1. The lowest BCUT2D eigenvalue weighted by Crippen LogP contribution is -2.74. The van der Waals surface area contributed by atoms with Crippen LogP contribution in [0.1, 0.15) is 40.9 Å². The quantitative estimate of drug-likeness (QED) is 0.275. The molecular formula is C32H33N4O5+. The molecule has 4 saturated heterocycles. The lowest BCUT2D eigenvalue weighted by molar-refractivity contribution is -1.08. The van der Waals surface area contributed by atoms with Gasteiger partial charge in [-0.25, -0.2) is 0 Å². The maximum absolute atomic E-state index is 13.5. The fourth-order valence-corrected chi connectivity index (χ4v) is 8.29. The summed E-state index contributed by atoms with van der Waals surface area (Å²) >= 11 is 0. The number of quaternary nitrogens is 2. The summed E-state index contributed by atoms with van der Waals surface area (Å²) in [5.41, 5.74) is 4.99. The standard InChI is InChI=1S/C32H33N4O5/c1-18-26(29(32(40)41)34-28(18)27(19(2)37)31(34)39)21-4-6-22-24-15-20(3-5-23(24)30(38)25(22)16-21)17-36-12-9-35(8-7-33,10-13-36)11-14-36/h3-6,15-16,18-19,27-28,37H,8-14,17H2,1-2H3/q+1/t18-,19+,27+,28+,35?,36?/m0/s1. The lowest BCUT2D eigenvalue weighted by Gasteiger charge is -2.54. The van der Waals surface area contributed by atoms with Crippen LogP contribution < -0.4 is 5.11 Å². The SMILES string of the molecule is C[C@@H](O)[C@H]1C(=O)N2C(C(=O)[O-])=C(c3ccc4c(c3)C(=O)c3ccc(C[N+]56CC[N+](CC#N)(CC5)CC6)cc3-4)[C@H](C)[C@H]12. The number of aliphatic hydroxyl groups is 1. The van der Waals surface area contributed by atoms with E-state index in [4.69, 9.17) is 0 Å². The summed E-state index contributed by atoms with van der Waals surface area (Å²) in [6.07, 6.45) is -0.890. The highest BCUT2D eigenvalue weighted by atomic mass is 16.4. The molecule has 1 N–H and O–H groups in total. The van der Waals surface area contributed by atoms with E-state index in [0.29, 0.717) is 28.8 Å². The Morgan fingerprint density at radius 2 is 1.68 bits per heavy atom. The number of benzene rings is 2. The molecule has 0 saturated carbocycles. The number of rotatable bonds is 6. The van der Waals surface area contributed by atoms with Crippen molar-refractivity contribution in [3.63, 3.8) is 0 Å². The largest absolute Gasteiger partial charge is 0.543 e. The number of aliphatic hydroxyl groups excluding tert-OH is 1. The molecule has 1 aliphatic carbocycles. The average Bonchev–Trinajstić information content (AvgIpc) is 3.37. The molecule has 9 heteroatoms. The van der Waals surface area contributed by atoms with Crippen LogP contribution in [0.15, 0.2) is 42.1 Å². The van der Waals surface area contributed by atoms with E-state index in [1.54, 1.807) is 13.0 Å². The van der Waals surface area contributed by atoms with Crippen LogP contribution in [-0.2, 0) is 16.1 Å². The Hall–Kier alpha value is -3.84. The molecule has 0 aromatic heterocycles. The van der Waals surface area contributed by atoms with Gasteiger partial charge in [-0.1, -0.05) is 25.1 Å². The third kappa shape index (κ3) is 3.61. The average molecular weight is 554 g/mol. The van der Waals surface area contributed by atoms with E-state index in [0.717, 1.165) is 65.9 Å². The summed E-state index contributed by atoms with van der Waals surface area (Å²) in [5, 5.41) is 31.6. The number of ketones is 1. The molecule has 2 bridgehead atoms. The minimum Gasteiger partial charge on any atom is -0.543 e. The number of carbonyl (C=O) groups is 3. The first-order valence-corrected chi connectivity index (χ1v) is 14.4. The molecule has 5 aliphatic heterocycles.